The average molecular weight is 671 g/mol. The highest BCUT2D eigenvalue weighted by Gasteiger charge is 2.19. The van der Waals surface area contributed by atoms with Crippen LogP contribution in [0.4, 0.5) is 11.6 Å². The maximum atomic E-state index is 11.4. The summed E-state index contributed by atoms with van der Waals surface area (Å²) in [7, 11) is 5.86. The first-order valence-corrected chi connectivity index (χ1v) is 16.6. The first kappa shape index (κ1) is 30.8. The molecule has 6 aromatic heterocycles. The number of carbonyl (C=O) groups excluding carboxylic acids is 1. The van der Waals surface area contributed by atoms with E-state index in [-0.39, 0.29) is 5.91 Å². The minimum atomic E-state index is -0.154. The van der Waals surface area contributed by atoms with Crippen molar-refractivity contribution in [3.05, 3.63) is 98.1 Å². The van der Waals surface area contributed by atoms with Crippen molar-refractivity contribution in [2.45, 2.75) is 6.92 Å². The Labute approximate surface area is 284 Å². The molecule has 13 heteroatoms. The van der Waals surface area contributed by atoms with Gasteiger partial charge in [0.2, 0.25) is 5.91 Å². The number of aromatic nitrogens is 8. The third-order valence-corrected chi connectivity index (χ3v) is 9.72. The summed E-state index contributed by atoms with van der Waals surface area (Å²) in [4.78, 5) is 41.7. The van der Waals surface area contributed by atoms with E-state index in [2.05, 4.69) is 63.3 Å². The molecule has 2 aromatic carbocycles. The zero-order chi connectivity index (χ0) is 33.2. The van der Waals surface area contributed by atoms with Crippen LogP contribution in [0.5, 0.6) is 0 Å². The lowest BCUT2D eigenvalue weighted by Crippen LogP contribution is -2.07. The van der Waals surface area contributed by atoms with Crippen LogP contribution in [-0.4, -0.2) is 52.0 Å². The number of nitrogens with one attached hydrogen (secondary N) is 2. The van der Waals surface area contributed by atoms with Gasteiger partial charge in [-0.25, -0.2) is 29.9 Å². The fourth-order valence-corrected chi connectivity index (χ4v) is 7.64. The number of fused-ring (bicyclic) bond motifs is 2. The molecule has 0 saturated heterocycles. The quantitative estimate of drug-likeness (QED) is 0.186. The number of hydrogen-bond donors (Lipinski definition) is 2. The lowest BCUT2D eigenvalue weighted by Gasteiger charge is -2.03. The molecule has 0 fully saturated rings. The highest BCUT2D eigenvalue weighted by Crippen LogP contribution is 2.40. The highest BCUT2D eigenvalue weighted by atomic mass is 32.1. The number of hydrogen-bond acceptors (Lipinski definition) is 10. The Kier molecular flexibility index (Phi) is 8.44. The molecule has 0 aliphatic heterocycles. The maximum Gasteiger partial charge on any atom is 0.222 e. The van der Waals surface area contributed by atoms with Crippen LogP contribution in [0.1, 0.15) is 6.92 Å². The standard InChI is InChI=1S/C18H15N5OS.C17H15N5S/c1-11(24)22-17-13-8-14(25-18(13)20-9-19-17)16-15(21-10-23(16)2)12-6-4-3-5-7-12;1-18-16-12-8-13(23-17(12)20-9-19-16)15-14(21-10-22(15)2)11-6-4-3-5-7-11/h3-10H,1-2H3,(H,19,20,22,24);3-10H,1-2H3,(H,18,19,20). The van der Waals surface area contributed by atoms with Gasteiger partial charge in [0.05, 0.1) is 56.0 Å². The van der Waals surface area contributed by atoms with Gasteiger partial charge in [-0.15, -0.1) is 22.7 Å². The Morgan fingerprint density at radius 2 is 1.10 bits per heavy atom. The van der Waals surface area contributed by atoms with Crippen molar-refractivity contribution in [3.63, 3.8) is 0 Å². The zero-order valence-corrected chi connectivity index (χ0v) is 28.2. The van der Waals surface area contributed by atoms with E-state index in [0.29, 0.717) is 5.82 Å². The molecule has 8 rings (SSSR count). The number of rotatable bonds is 6. The molecule has 0 aliphatic carbocycles. The summed E-state index contributed by atoms with van der Waals surface area (Å²) in [6.07, 6.45) is 6.72. The minimum Gasteiger partial charge on any atom is -0.373 e. The van der Waals surface area contributed by atoms with Gasteiger partial charge < -0.3 is 19.8 Å². The Morgan fingerprint density at radius 3 is 1.56 bits per heavy atom. The van der Waals surface area contributed by atoms with Gasteiger partial charge >= 0.3 is 0 Å². The SMILES string of the molecule is CC(=O)Nc1ncnc2sc(-c3c(-c4ccccc4)ncn3C)cc12.CNc1ncnc2sc(-c3c(-c4ccccc4)ncn3C)cc12. The van der Waals surface area contributed by atoms with Crippen LogP contribution in [0.25, 0.3) is 64.1 Å². The van der Waals surface area contributed by atoms with E-state index in [1.807, 2.05) is 93.0 Å². The number of anilines is 2. The molecule has 0 aliphatic rings. The molecule has 0 unspecified atom stereocenters. The van der Waals surface area contributed by atoms with E-state index < -0.39 is 0 Å². The number of nitrogens with zero attached hydrogens (tertiary/aromatic N) is 8. The number of aryl methyl sites for hydroxylation is 2. The van der Waals surface area contributed by atoms with E-state index >= 15 is 0 Å². The summed E-state index contributed by atoms with van der Waals surface area (Å²) in [5, 5.41) is 7.75. The molecule has 8 aromatic rings. The number of thiophene rings is 2. The molecule has 0 bridgehead atoms. The number of benzene rings is 2. The molecule has 11 nitrogen and oxygen atoms in total. The second-order valence-corrected chi connectivity index (χ2v) is 12.9. The van der Waals surface area contributed by atoms with E-state index in [1.165, 1.54) is 13.3 Å². The molecule has 2 N–H and O–H groups in total. The summed E-state index contributed by atoms with van der Waals surface area (Å²) >= 11 is 3.21. The lowest BCUT2D eigenvalue weighted by molar-refractivity contribution is -0.114. The van der Waals surface area contributed by atoms with Crippen LogP contribution in [0.15, 0.2) is 98.1 Å². The normalized spacial score (nSPS) is 11.0. The fourth-order valence-electron chi connectivity index (χ4n) is 5.47. The Bertz CT molecular complexity index is 2380. The van der Waals surface area contributed by atoms with Gasteiger partial charge in [0.15, 0.2) is 0 Å². The van der Waals surface area contributed by atoms with Gasteiger partial charge in [0, 0.05) is 39.2 Å². The third-order valence-electron chi connectivity index (χ3n) is 7.63. The maximum absolute atomic E-state index is 11.4. The second kappa shape index (κ2) is 13.1. The monoisotopic (exact) mass is 670 g/mol. The van der Waals surface area contributed by atoms with Crippen molar-refractivity contribution in [2.24, 2.45) is 14.1 Å². The third kappa shape index (κ3) is 5.92. The molecule has 0 atom stereocenters. The van der Waals surface area contributed by atoms with Crippen LogP contribution in [0.3, 0.4) is 0 Å². The number of carbonyl (C=O) groups is 1. The molecule has 0 radical (unpaired) electrons. The molecular weight excluding hydrogens is 641 g/mol. The number of amides is 1. The van der Waals surface area contributed by atoms with Crippen molar-refractivity contribution < 1.29 is 4.79 Å². The predicted molar refractivity (Wildman–Crippen MR) is 194 cm³/mol. The molecule has 238 valence electrons. The van der Waals surface area contributed by atoms with E-state index in [1.54, 1.807) is 29.0 Å². The van der Waals surface area contributed by atoms with Crippen LogP contribution >= 0.6 is 22.7 Å². The van der Waals surface area contributed by atoms with Gasteiger partial charge in [-0.2, -0.15) is 0 Å². The highest BCUT2D eigenvalue weighted by molar-refractivity contribution is 7.22. The Hall–Kier alpha value is -5.79. The van der Waals surface area contributed by atoms with Gasteiger partial charge in [-0.05, 0) is 12.1 Å². The molecule has 48 heavy (non-hydrogen) atoms. The van der Waals surface area contributed by atoms with E-state index in [9.17, 15) is 4.79 Å². The summed E-state index contributed by atoms with van der Waals surface area (Å²) in [5.41, 5.74) is 6.19. The summed E-state index contributed by atoms with van der Waals surface area (Å²) < 4.78 is 4.05. The molecule has 6 heterocycles. The molecule has 0 saturated carbocycles. The van der Waals surface area contributed by atoms with Crippen molar-refractivity contribution in [1.82, 2.24) is 39.0 Å². The van der Waals surface area contributed by atoms with Gasteiger partial charge in [-0.3, -0.25) is 4.79 Å². The number of imidazole rings is 2. The minimum absolute atomic E-state index is 0.154. The first-order valence-electron chi connectivity index (χ1n) is 15.0. The van der Waals surface area contributed by atoms with Crippen molar-refractivity contribution >= 4 is 60.6 Å². The predicted octanol–water partition coefficient (Wildman–Crippen LogP) is 7.52. The fraction of sp³-hybridized carbons (Fsp3) is 0.114. The largest absolute Gasteiger partial charge is 0.373 e. The summed E-state index contributed by atoms with van der Waals surface area (Å²) in [6, 6.07) is 24.5. The van der Waals surface area contributed by atoms with Crippen molar-refractivity contribution in [2.75, 3.05) is 17.7 Å². The van der Waals surface area contributed by atoms with Gasteiger partial charge in [0.25, 0.3) is 0 Å². The van der Waals surface area contributed by atoms with Crippen LogP contribution in [0, 0.1) is 0 Å². The molecule has 1 amide bonds. The van der Waals surface area contributed by atoms with E-state index in [4.69, 9.17) is 0 Å². The first-order chi connectivity index (χ1) is 23.4. The average Bonchev–Trinajstić information content (AvgIpc) is 3.90. The smallest absolute Gasteiger partial charge is 0.222 e. The van der Waals surface area contributed by atoms with Crippen molar-refractivity contribution in [3.8, 4) is 43.7 Å². The van der Waals surface area contributed by atoms with Crippen LogP contribution < -0.4 is 10.6 Å². The summed E-state index contributed by atoms with van der Waals surface area (Å²) in [6.45, 7) is 1.47. The van der Waals surface area contributed by atoms with E-state index in [0.717, 1.165) is 69.9 Å². The van der Waals surface area contributed by atoms with Gasteiger partial charge in [0.1, 0.15) is 34.0 Å². The molecular formula is C35H30N10OS2. The zero-order valence-electron chi connectivity index (χ0n) is 26.5. The second-order valence-electron chi connectivity index (χ2n) is 10.9. The van der Waals surface area contributed by atoms with Crippen molar-refractivity contribution in [1.29, 1.82) is 0 Å². The Morgan fingerprint density at radius 1 is 0.646 bits per heavy atom. The Balaban J connectivity index is 0.000000152. The summed E-state index contributed by atoms with van der Waals surface area (Å²) in [5.74, 6) is 1.22. The molecule has 0 spiro atoms. The van der Waals surface area contributed by atoms with Crippen LogP contribution in [0.2, 0.25) is 0 Å². The van der Waals surface area contributed by atoms with Gasteiger partial charge in [-0.1, -0.05) is 60.7 Å². The topological polar surface area (TPSA) is 128 Å². The van der Waals surface area contributed by atoms with Crippen LogP contribution in [-0.2, 0) is 18.9 Å². The lowest BCUT2D eigenvalue weighted by atomic mass is 10.1.